The highest BCUT2D eigenvalue weighted by molar-refractivity contribution is 5.78. The summed E-state index contributed by atoms with van der Waals surface area (Å²) in [6, 6.07) is 4.64. The molecule has 1 atom stereocenters. The fourth-order valence-electron chi connectivity index (χ4n) is 5.22. The summed E-state index contributed by atoms with van der Waals surface area (Å²) >= 11 is 0. The van der Waals surface area contributed by atoms with E-state index in [-0.39, 0.29) is 11.8 Å². The molecule has 1 aromatic rings. The van der Waals surface area contributed by atoms with Crippen molar-refractivity contribution in [2.24, 2.45) is 11.8 Å². The molecule has 0 radical (unpaired) electrons. The van der Waals surface area contributed by atoms with Gasteiger partial charge in [0.05, 0.1) is 0 Å². The van der Waals surface area contributed by atoms with Crippen molar-refractivity contribution >= 4 is 5.91 Å². The topological polar surface area (TPSA) is 48.5 Å². The van der Waals surface area contributed by atoms with Crippen LogP contribution in [0.25, 0.3) is 0 Å². The van der Waals surface area contributed by atoms with E-state index in [4.69, 9.17) is 0 Å². The molecule has 2 aliphatic heterocycles. The van der Waals surface area contributed by atoms with Crippen molar-refractivity contribution in [1.82, 2.24) is 20.1 Å². The van der Waals surface area contributed by atoms with Crippen molar-refractivity contribution < 1.29 is 4.79 Å². The highest BCUT2D eigenvalue weighted by atomic mass is 16.1. The third-order valence-electron chi connectivity index (χ3n) is 7.06. The molecular weight excluding hydrogens is 360 g/mol. The fourth-order valence-corrected chi connectivity index (χ4v) is 5.22. The van der Waals surface area contributed by atoms with E-state index < -0.39 is 0 Å². The molecule has 2 fully saturated rings. The molecular formula is C24H36N4O. The predicted octanol–water partition coefficient (Wildman–Crippen LogP) is 3.23. The molecule has 1 amide bonds. The second kappa shape index (κ2) is 10.4. The van der Waals surface area contributed by atoms with Crippen LogP contribution in [0.15, 0.2) is 36.7 Å². The zero-order valence-corrected chi connectivity index (χ0v) is 17.6. The number of nitrogens with one attached hydrogen (secondary N) is 1. The normalized spacial score (nSPS) is 25.2. The minimum atomic E-state index is 0.169. The molecule has 0 unspecified atom stereocenters. The lowest BCUT2D eigenvalue weighted by molar-refractivity contribution is -0.126. The van der Waals surface area contributed by atoms with E-state index in [9.17, 15) is 4.79 Å². The molecule has 1 aromatic heterocycles. The number of pyridine rings is 1. The number of piperidine rings is 2. The summed E-state index contributed by atoms with van der Waals surface area (Å²) in [5.74, 6) is 1.25. The average Bonchev–Trinajstić information content (AvgIpc) is 2.79. The Hall–Kier alpha value is -1.72. The summed E-state index contributed by atoms with van der Waals surface area (Å²) in [4.78, 5) is 22.0. The Morgan fingerprint density at radius 1 is 1.07 bits per heavy atom. The van der Waals surface area contributed by atoms with E-state index in [1.54, 1.807) is 6.20 Å². The van der Waals surface area contributed by atoms with Crippen LogP contribution in [-0.4, -0.2) is 59.5 Å². The van der Waals surface area contributed by atoms with Gasteiger partial charge in [-0.05, 0) is 88.7 Å². The fraction of sp³-hybridized carbons (Fsp3) is 0.667. The average molecular weight is 397 g/mol. The molecule has 29 heavy (non-hydrogen) atoms. The van der Waals surface area contributed by atoms with Gasteiger partial charge in [-0.3, -0.25) is 9.78 Å². The van der Waals surface area contributed by atoms with Gasteiger partial charge in [0.2, 0.25) is 5.91 Å². The van der Waals surface area contributed by atoms with Crippen LogP contribution in [0.5, 0.6) is 0 Å². The number of aromatic nitrogens is 1. The maximum absolute atomic E-state index is 12.5. The van der Waals surface area contributed by atoms with E-state index in [1.165, 1.54) is 51.7 Å². The molecule has 0 bridgehead atoms. The Bertz CT molecular complexity index is 661. The van der Waals surface area contributed by atoms with Gasteiger partial charge >= 0.3 is 0 Å². The monoisotopic (exact) mass is 396 g/mol. The van der Waals surface area contributed by atoms with Crippen LogP contribution in [-0.2, 0) is 11.3 Å². The minimum Gasteiger partial charge on any atom is -0.352 e. The second-order valence-electron chi connectivity index (χ2n) is 9.07. The van der Waals surface area contributed by atoms with Crippen molar-refractivity contribution in [2.75, 3.05) is 32.7 Å². The molecule has 0 spiro atoms. The summed E-state index contributed by atoms with van der Waals surface area (Å²) in [7, 11) is 0. The number of nitrogens with zero attached hydrogens (tertiary/aromatic N) is 3. The molecule has 2 saturated heterocycles. The maximum atomic E-state index is 12.5. The van der Waals surface area contributed by atoms with Gasteiger partial charge in [0.15, 0.2) is 0 Å². The molecule has 5 nitrogen and oxygen atoms in total. The van der Waals surface area contributed by atoms with Crippen LogP contribution in [0, 0.1) is 11.8 Å². The number of allylic oxidation sites excluding steroid dienone is 2. The number of hydrogen-bond donors (Lipinski definition) is 1. The molecule has 0 saturated carbocycles. The van der Waals surface area contributed by atoms with Crippen molar-refractivity contribution in [1.29, 1.82) is 0 Å². The highest BCUT2D eigenvalue weighted by Crippen LogP contribution is 2.26. The highest BCUT2D eigenvalue weighted by Gasteiger charge is 2.31. The Morgan fingerprint density at radius 3 is 2.59 bits per heavy atom. The van der Waals surface area contributed by atoms with Gasteiger partial charge < -0.3 is 15.1 Å². The number of likely N-dealkylation sites (tertiary alicyclic amines) is 2. The summed E-state index contributed by atoms with van der Waals surface area (Å²) < 4.78 is 0. The first-order valence-corrected chi connectivity index (χ1v) is 11.6. The lowest BCUT2D eigenvalue weighted by Gasteiger charge is -2.42. The summed E-state index contributed by atoms with van der Waals surface area (Å²) in [5.41, 5.74) is 1.06. The second-order valence-corrected chi connectivity index (χ2v) is 9.07. The van der Waals surface area contributed by atoms with Crippen LogP contribution in [0.4, 0.5) is 0 Å². The molecule has 3 aliphatic rings. The van der Waals surface area contributed by atoms with Crippen molar-refractivity contribution in [2.45, 2.75) is 57.5 Å². The SMILES string of the molecule is O=C(NCc1cccnc1)C1CCN(C2CCN(C[C@H]3CC=CCC3)CC2)CC1. The smallest absolute Gasteiger partial charge is 0.223 e. The minimum absolute atomic E-state index is 0.169. The lowest BCUT2D eigenvalue weighted by atomic mass is 9.91. The number of carbonyl (C=O) groups is 1. The number of carbonyl (C=O) groups excluding carboxylic acids is 1. The first-order valence-electron chi connectivity index (χ1n) is 11.6. The van der Waals surface area contributed by atoms with E-state index in [1.807, 2.05) is 18.3 Å². The van der Waals surface area contributed by atoms with Gasteiger partial charge in [0, 0.05) is 37.4 Å². The summed E-state index contributed by atoms with van der Waals surface area (Å²) in [6.07, 6.45) is 16.8. The van der Waals surface area contributed by atoms with Gasteiger partial charge in [-0.15, -0.1) is 0 Å². The Morgan fingerprint density at radius 2 is 1.90 bits per heavy atom. The van der Waals surface area contributed by atoms with Gasteiger partial charge in [-0.2, -0.15) is 0 Å². The predicted molar refractivity (Wildman–Crippen MR) is 116 cm³/mol. The van der Waals surface area contributed by atoms with Crippen LogP contribution in [0.2, 0.25) is 0 Å². The third-order valence-corrected chi connectivity index (χ3v) is 7.06. The first-order chi connectivity index (χ1) is 14.3. The zero-order valence-electron chi connectivity index (χ0n) is 17.6. The standard InChI is InChI=1S/C24H36N4O/c29-24(26-18-21-7-4-12-25-17-21)22-8-15-28(16-9-22)23-10-13-27(14-11-23)19-20-5-2-1-3-6-20/h1-2,4,7,12,17,20,22-23H,3,5-6,8-11,13-16,18-19H2,(H,26,29)/t20-/m0/s1. The van der Waals surface area contributed by atoms with Crippen LogP contribution in [0.3, 0.4) is 0 Å². The largest absolute Gasteiger partial charge is 0.352 e. The number of rotatable bonds is 6. The molecule has 3 heterocycles. The molecule has 5 heteroatoms. The van der Waals surface area contributed by atoms with E-state index in [0.29, 0.717) is 6.54 Å². The van der Waals surface area contributed by atoms with E-state index in [2.05, 4.69) is 32.3 Å². The van der Waals surface area contributed by atoms with Crippen LogP contribution < -0.4 is 5.32 Å². The maximum Gasteiger partial charge on any atom is 0.223 e. The van der Waals surface area contributed by atoms with Gasteiger partial charge in [-0.1, -0.05) is 18.2 Å². The molecule has 0 aromatic carbocycles. The summed E-state index contributed by atoms with van der Waals surface area (Å²) in [5, 5.41) is 3.10. The van der Waals surface area contributed by atoms with Crippen LogP contribution in [0.1, 0.15) is 50.5 Å². The third kappa shape index (κ3) is 5.89. The molecule has 1 N–H and O–H groups in total. The van der Waals surface area contributed by atoms with E-state index >= 15 is 0 Å². The first kappa shape index (κ1) is 20.5. The van der Waals surface area contributed by atoms with Crippen molar-refractivity contribution in [3.63, 3.8) is 0 Å². The Labute approximate surface area is 175 Å². The van der Waals surface area contributed by atoms with Gasteiger partial charge in [0.1, 0.15) is 0 Å². The zero-order chi connectivity index (χ0) is 19.9. The Kier molecular flexibility index (Phi) is 7.33. The Balaban J connectivity index is 1.14. The summed E-state index contributed by atoms with van der Waals surface area (Å²) in [6.45, 7) is 6.51. The number of amides is 1. The quantitative estimate of drug-likeness (QED) is 0.750. The van der Waals surface area contributed by atoms with Crippen LogP contribution >= 0.6 is 0 Å². The van der Waals surface area contributed by atoms with Gasteiger partial charge in [-0.25, -0.2) is 0 Å². The molecule has 4 rings (SSSR count). The van der Waals surface area contributed by atoms with Gasteiger partial charge in [0.25, 0.3) is 0 Å². The molecule has 158 valence electrons. The van der Waals surface area contributed by atoms with Crippen molar-refractivity contribution in [3.05, 3.63) is 42.2 Å². The van der Waals surface area contributed by atoms with Crippen molar-refractivity contribution in [3.8, 4) is 0 Å². The molecule has 1 aliphatic carbocycles. The van der Waals surface area contributed by atoms with E-state index in [0.717, 1.165) is 43.5 Å². The number of hydrogen-bond acceptors (Lipinski definition) is 4. The lowest BCUT2D eigenvalue weighted by Crippen LogP contribution is -2.49.